The summed E-state index contributed by atoms with van der Waals surface area (Å²) in [5, 5.41) is 1.21. The normalized spacial score (nSPS) is 19.2. The lowest BCUT2D eigenvalue weighted by Crippen LogP contribution is -2.72. The molecule has 5 rings (SSSR count). The molecule has 2 saturated heterocycles. The van der Waals surface area contributed by atoms with Gasteiger partial charge >= 0.3 is 0 Å². The van der Waals surface area contributed by atoms with Crippen molar-refractivity contribution in [2.24, 2.45) is 5.41 Å². The molecule has 1 N–H and O–H groups in total. The van der Waals surface area contributed by atoms with Crippen molar-refractivity contribution in [3.05, 3.63) is 54.0 Å². The van der Waals surface area contributed by atoms with Crippen LogP contribution < -0.4 is 4.90 Å². The van der Waals surface area contributed by atoms with E-state index in [1.165, 1.54) is 29.6 Å². The number of rotatable bonds is 4. The van der Waals surface area contributed by atoms with Crippen molar-refractivity contribution in [3.8, 4) is 0 Å². The molecule has 0 bridgehead atoms. The van der Waals surface area contributed by atoms with Crippen LogP contribution in [0, 0.1) is 5.41 Å². The molecule has 5 heteroatoms. The van der Waals surface area contributed by atoms with Gasteiger partial charge in [-0.2, -0.15) is 0 Å². The van der Waals surface area contributed by atoms with Gasteiger partial charge in [-0.15, -0.1) is 0 Å². The van der Waals surface area contributed by atoms with E-state index in [9.17, 15) is 0 Å². The predicted molar refractivity (Wildman–Crippen MR) is 99.6 cm³/mol. The van der Waals surface area contributed by atoms with Gasteiger partial charge in [0, 0.05) is 44.3 Å². The van der Waals surface area contributed by atoms with E-state index in [4.69, 9.17) is 0 Å². The number of hydrogen-bond donors (Lipinski definition) is 1. The van der Waals surface area contributed by atoms with Crippen LogP contribution in [-0.2, 0) is 13.0 Å². The fourth-order valence-corrected chi connectivity index (χ4v) is 4.50. The van der Waals surface area contributed by atoms with Crippen LogP contribution in [0.1, 0.15) is 18.1 Å². The maximum Gasteiger partial charge on any atom is 0.143 e. The number of nitrogens with one attached hydrogen (secondary N) is 1. The van der Waals surface area contributed by atoms with E-state index in [1.54, 1.807) is 6.33 Å². The molecule has 4 heterocycles. The first-order valence-corrected chi connectivity index (χ1v) is 9.08. The first-order valence-electron chi connectivity index (χ1n) is 9.08. The minimum atomic E-state index is 0.467. The molecule has 0 unspecified atom stereocenters. The van der Waals surface area contributed by atoms with Gasteiger partial charge in [0.1, 0.15) is 17.8 Å². The van der Waals surface area contributed by atoms with E-state index in [0.717, 1.165) is 37.5 Å². The predicted octanol–water partition coefficient (Wildman–Crippen LogP) is 2.84. The Bertz CT molecular complexity index is 887. The van der Waals surface area contributed by atoms with Crippen molar-refractivity contribution in [1.82, 2.24) is 19.9 Å². The first-order chi connectivity index (χ1) is 12.3. The largest absolute Gasteiger partial charge is 0.354 e. The molecule has 2 aromatic heterocycles. The number of fused-ring (bicyclic) bond motifs is 1. The summed E-state index contributed by atoms with van der Waals surface area (Å²) in [6.07, 6.45) is 4.76. The molecule has 0 amide bonds. The standard InChI is InChI=1S/C20H23N5/c1-2-16-8-21-18-17(16)19(23-14-22-18)25-12-20(13-25)10-24(11-20)9-15-6-4-3-5-7-15/h3-8,14H,2,9-13H2,1H3,(H,21,22,23). The van der Waals surface area contributed by atoms with Crippen LogP contribution in [0.4, 0.5) is 5.82 Å². The number of aromatic nitrogens is 3. The maximum atomic E-state index is 4.60. The minimum absolute atomic E-state index is 0.467. The number of benzene rings is 1. The molecule has 2 aliphatic heterocycles. The molecule has 5 nitrogen and oxygen atoms in total. The average Bonchev–Trinajstić information content (AvgIpc) is 3.00. The van der Waals surface area contributed by atoms with Crippen molar-refractivity contribution in [3.63, 3.8) is 0 Å². The number of H-pyrrole nitrogens is 1. The second-order valence-electron chi connectivity index (χ2n) is 7.58. The van der Waals surface area contributed by atoms with E-state index < -0.39 is 0 Å². The van der Waals surface area contributed by atoms with Gasteiger partial charge in [0.2, 0.25) is 0 Å². The minimum Gasteiger partial charge on any atom is -0.354 e. The molecule has 128 valence electrons. The summed E-state index contributed by atoms with van der Waals surface area (Å²) in [4.78, 5) is 17.2. The first kappa shape index (κ1) is 14.9. The lowest BCUT2D eigenvalue weighted by molar-refractivity contribution is -0.0275. The summed E-state index contributed by atoms with van der Waals surface area (Å²) in [6, 6.07) is 10.8. The molecular weight excluding hydrogens is 310 g/mol. The molecule has 3 aromatic rings. The number of aromatic amines is 1. The highest BCUT2D eigenvalue weighted by molar-refractivity contribution is 5.91. The smallest absolute Gasteiger partial charge is 0.143 e. The van der Waals surface area contributed by atoms with Crippen molar-refractivity contribution in [2.45, 2.75) is 19.9 Å². The van der Waals surface area contributed by atoms with Crippen LogP contribution in [0.3, 0.4) is 0 Å². The molecular formula is C20H23N5. The number of likely N-dealkylation sites (tertiary alicyclic amines) is 1. The van der Waals surface area contributed by atoms with Crippen LogP contribution >= 0.6 is 0 Å². The van der Waals surface area contributed by atoms with Crippen molar-refractivity contribution < 1.29 is 0 Å². The fraction of sp³-hybridized carbons (Fsp3) is 0.400. The second kappa shape index (κ2) is 5.56. The van der Waals surface area contributed by atoms with E-state index >= 15 is 0 Å². The number of aryl methyl sites for hydroxylation is 1. The second-order valence-corrected chi connectivity index (χ2v) is 7.58. The van der Waals surface area contributed by atoms with Crippen LogP contribution in [0.15, 0.2) is 42.9 Å². The van der Waals surface area contributed by atoms with Gasteiger partial charge in [-0.1, -0.05) is 37.3 Å². The number of nitrogens with zero attached hydrogens (tertiary/aromatic N) is 4. The Morgan fingerprint density at radius 2 is 1.88 bits per heavy atom. The Kier molecular flexibility index (Phi) is 3.31. The Morgan fingerprint density at radius 3 is 2.64 bits per heavy atom. The van der Waals surface area contributed by atoms with Crippen molar-refractivity contribution >= 4 is 16.9 Å². The summed E-state index contributed by atoms with van der Waals surface area (Å²) in [5.74, 6) is 1.11. The highest BCUT2D eigenvalue weighted by Crippen LogP contribution is 2.43. The summed E-state index contributed by atoms with van der Waals surface area (Å²) < 4.78 is 0. The number of hydrogen-bond acceptors (Lipinski definition) is 4. The number of anilines is 1. The van der Waals surface area contributed by atoms with E-state index in [0.29, 0.717) is 5.41 Å². The Labute approximate surface area is 147 Å². The highest BCUT2D eigenvalue weighted by atomic mass is 15.3. The summed E-state index contributed by atoms with van der Waals surface area (Å²) in [6.45, 7) is 7.86. The van der Waals surface area contributed by atoms with Crippen LogP contribution in [-0.4, -0.2) is 46.0 Å². The van der Waals surface area contributed by atoms with Crippen molar-refractivity contribution in [1.29, 1.82) is 0 Å². The zero-order valence-electron chi connectivity index (χ0n) is 14.6. The maximum absolute atomic E-state index is 4.60. The van der Waals surface area contributed by atoms with Crippen LogP contribution in [0.2, 0.25) is 0 Å². The van der Waals surface area contributed by atoms with Crippen LogP contribution in [0.25, 0.3) is 11.0 Å². The van der Waals surface area contributed by atoms with Gasteiger partial charge in [0.15, 0.2) is 0 Å². The lowest BCUT2D eigenvalue weighted by Gasteiger charge is -2.60. The van der Waals surface area contributed by atoms with E-state index in [2.05, 4.69) is 68.2 Å². The van der Waals surface area contributed by atoms with Crippen molar-refractivity contribution in [2.75, 3.05) is 31.1 Å². The SMILES string of the molecule is CCc1c[nH]c2ncnc(N3CC4(CN(Cc5ccccc5)C4)C3)c12. The fourth-order valence-electron chi connectivity index (χ4n) is 4.50. The topological polar surface area (TPSA) is 48.1 Å². The monoisotopic (exact) mass is 333 g/mol. The molecule has 2 aliphatic rings. The van der Waals surface area contributed by atoms with Gasteiger partial charge in [0.25, 0.3) is 0 Å². The average molecular weight is 333 g/mol. The molecule has 25 heavy (non-hydrogen) atoms. The highest BCUT2D eigenvalue weighted by Gasteiger charge is 2.52. The molecule has 1 spiro atoms. The van der Waals surface area contributed by atoms with Gasteiger partial charge < -0.3 is 9.88 Å². The molecule has 1 aromatic carbocycles. The molecule has 2 fully saturated rings. The Hall–Kier alpha value is -2.40. The van der Waals surface area contributed by atoms with Crippen LogP contribution in [0.5, 0.6) is 0 Å². The van der Waals surface area contributed by atoms with Gasteiger partial charge in [-0.25, -0.2) is 9.97 Å². The third-order valence-corrected chi connectivity index (χ3v) is 5.63. The van der Waals surface area contributed by atoms with Gasteiger partial charge in [0.05, 0.1) is 5.39 Å². The lowest BCUT2D eigenvalue weighted by atomic mass is 9.72. The summed E-state index contributed by atoms with van der Waals surface area (Å²) in [5.41, 5.74) is 4.15. The van der Waals surface area contributed by atoms with E-state index in [-0.39, 0.29) is 0 Å². The Balaban J connectivity index is 1.27. The van der Waals surface area contributed by atoms with E-state index in [1.807, 2.05) is 0 Å². The summed E-state index contributed by atoms with van der Waals surface area (Å²) in [7, 11) is 0. The molecule has 0 atom stereocenters. The van der Waals surface area contributed by atoms with Gasteiger partial charge in [-0.3, -0.25) is 4.90 Å². The summed E-state index contributed by atoms with van der Waals surface area (Å²) >= 11 is 0. The van der Waals surface area contributed by atoms with Gasteiger partial charge in [-0.05, 0) is 17.5 Å². The zero-order valence-corrected chi connectivity index (χ0v) is 14.6. The quantitative estimate of drug-likeness (QED) is 0.798. The third kappa shape index (κ3) is 2.42. The third-order valence-electron chi connectivity index (χ3n) is 5.63. The Morgan fingerprint density at radius 1 is 1.08 bits per heavy atom. The zero-order chi connectivity index (χ0) is 16.9. The molecule has 0 radical (unpaired) electrons. The molecule has 0 aliphatic carbocycles. The molecule has 0 saturated carbocycles.